The number of likely N-dealkylation sites (tertiary alicyclic amines) is 1. The number of rotatable bonds is 6. The van der Waals surface area contributed by atoms with Gasteiger partial charge in [-0.3, -0.25) is 10.00 Å². The maximum absolute atomic E-state index is 5.41. The van der Waals surface area contributed by atoms with Gasteiger partial charge in [-0.15, -0.1) is 0 Å². The Hall–Kier alpha value is -2.07. The van der Waals surface area contributed by atoms with Gasteiger partial charge >= 0.3 is 0 Å². The van der Waals surface area contributed by atoms with Crippen molar-refractivity contribution in [1.82, 2.24) is 15.1 Å². The van der Waals surface area contributed by atoms with Crippen LogP contribution in [0.25, 0.3) is 6.08 Å². The minimum Gasteiger partial charge on any atom is -0.496 e. The van der Waals surface area contributed by atoms with Gasteiger partial charge in [0.15, 0.2) is 0 Å². The van der Waals surface area contributed by atoms with Crippen molar-refractivity contribution in [2.75, 3.05) is 26.7 Å². The molecule has 4 nitrogen and oxygen atoms in total. The molecule has 0 bridgehead atoms. The molecule has 1 aliphatic rings. The molecular weight excluding hydrogens is 310 g/mol. The molecule has 2 aromatic rings. The van der Waals surface area contributed by atoms with Crippen LogP contribution in [0.3, 0.4) is 0 Å². The van der Waals surface area contributed by atoms with Crippen LogP contribution in [0.15, 0.2) is 36.5 Å². The molecule has 1 fully saturated rings. The summed E-state index contributed by atoms with van der Waals surface area (Å²) in [7, 11) is 1.72. The zero-order valence-corrected chi connectivity index (χ0v) is 15.5. The van der Waals surface area contributed by atoms with Crippen LogP contribution < -0.4 is 4.74 Å². The zero-order valence-electron chi connectivity index (χ0n) is 15.5. The van der Waals surface area contributed by atoms with Gasteiger partial charge in [-0.05, 0) is 36.9 Å². The largest absolute Gasteiger partial charge is 0.496 e. The third kappa shape index (κ3) is 4.31. The molecular formula is C21H29N3O. The molecule has 1 saturated heterocycles. The molecule has 1 N–H and O–H groups in total. The number of ether oxygens (including phenoxy) is 1. The van der Waals surface area contributed by atoms with Crippen LogP contribution in [0, 0.1) is 0 Å². The number of piperidine rings is 1. The first-order chi connectivity index (χ1) is 12.2. The molecule has 2 heterocycles. The van der Waals surface area contributed by atoms with Crippen LogP contribution in [-0.4, -0.2) is 41.8 Å². The molecule has 1 aromatic heterocycles. The third-order valence-electron chi connectivity index (χ3n) is 5.04. The van der Waals surface area contributed by atoms with Gasteiger partial charge in [0, 0.05) is 30.3 Å². The summed E-state index contributed by atoms with van der Waals surface area (Å²) in [5, 5.41) is 7.56. The van der Waals surface area contributed by atoms with E-state index in [0.717, 1.165) is 30.9 Å². The third-order valence-corrected chi connectivity index (χ3v) is 5.04. The molecule has 0 radical (unpaired) electrons. The molecule has 1 aliphatic heterocycles. The van der Waals surface area contributed by atoms with E-state index in [9.17, 15) is 0 Å². The summed E-state index contributed by atoms with van der Waals surface area (Å²) in [4.78, 5) is 2.53. The standard InChI is InChI=1S/C21H29N3O/c1-16(2)19-14-22-23-21(19)18-10-7-13-24(15-18)12-6-9-17-8-4-5-11-20(17)25-3/h4-6,8-9,11,14,16,18H,7,10,12-13,15H2,1-3H3,(H,22,23)/b9-6+/t18-/m1/s1. The number of nitrogens with zero attached hydrogens (tertiary/aromatic N) is 2. The minimum absolute atomic E-state index is 0.523. The van der Waals surface area contributed by atoms with E-state index in [1.54, 1.807) is 7.11 Å². The molecule has 0 aliphatic carbocycles. The zero-order chi connectivity index (χ0) is 17.6. The second-order valence-electron chi connectivity index (χ2n) is 7.14. The Morgan fingerprint density at radius 3 is 3.00 bits per heavy atom. The van der Waals surface area contributed by atoms with Crippen molar-refractivity contribution in [2.45, 2.75) is 38.5 Å². The van der Waals surface area contributed by atoms with E-state index in [4.69, 9.17) is 4.74 Å². The first-order valence-corrected chi connectivity index (χ1v) is 9.24. The van der Waals surface area contributed by atoms with E-state index in [0.29, 0.717) is 11.8 Å². The number of H-pyrrole nitrogens is 1. The number of benzene rings is 1. The highest BCUT2D eigenvalue weighted by Gasteiger charge is 2.24. The normalized spacial score (nSPS) is 19.0. The van der Waals surface area contributed by atoms with Crippen molar-refractivity contribution in [3.63, 3.8) is 0 Å². The van der Waals surface area contributed by atoms with E-state index in [-0.39, 0.29) is 0 Å². The summed E-state index contributed by atoms with van der Waals surface area (Å²) in [6, 6.07) is 8.14. The summed E-state index contributed by atoms with van der Waals surface area (Å²) in [6.45, 7) is 7.71. The summed E-state index contributed by atoms with van der Waals surface area (Å²) in [5.41, 5.74) is 3.85. The second-order valence-corrected chi connectivity index (χ2v) is 7.14. The molecule has 4 heteroatoms. The number of hydrogen-bond acceptors (Lipinski definition) is 3. The lowest BCUT2D eigenvalue weighted by Gasteiger charge is -2.32. The number of aromatic nitrogens is 2. The first-order valence-electron chi connectivity index (χ1n) is 9.24. The molecule has 1 atom stereocenters. The van der Waals surface area contributed by atoms with Crippen molar-refractivity contribution in [3.05, 3.63) is 53.4 Å². The lowest BCUT2D eigenvalue weighted by atomic mass is 9.89. The molecule has 1 aromatic carbocycles. The second kappa shape index (κ2) is 8.34. The molecule has 3 rings (SSSR count). The van der Waals surface area contributed by atoms with E-state index >= 15 is 0 Å². The first kappa shape index (κ1) is 17.7. The van der Waals surface area contributed by atoms with Gasteiger partial charge in [0.25, 0.3) is 0 Å². The highest BCUT2D eigenvalue weighted by atomic mass is 16.5. The van der Waals surface area contributed by atoms with Crippen LogP contribution >= 0.6 is 0 Å². The fourth-order valence-corrected chi connectivity index (χ4v) is 3.68. The minimum atomic E-state index is 0.523. The quantitative estimate of drug-likeness (QED) is 0.846. The Morgan fingerprint density at radius 1 is 1.36 bits per heavy atom. The highest BCUT2D eigenvalue weighted by molar-refractivity contribution is 5.57. The van der Waals surface area contributed by atoms with Crippen molar-refractivity contribution in [1.29, 1.82) is 0 Å². The van der Waals surface area contributed by atoms with Crippen molar-refractivity contribution in [2.24, 2.45) is 0 Å². The number of aromatic amines is 1. The maximum Gasteiger partial charge on any atom is 0.126 e. The lowest BCUT2D eigenvalue weighted by molar-refractivity contribution is 0.225. The Bertz CT molecular complexity index is 705. The predicted molar refractivity (Wildman–Crippen MR) is 103 cm³/mol. The monoisotopic (exact) mass is 339 g/mol. The van der Waals surface area contributed by atoms with Gasteiger partial charge in [0.2, 0.25) is 0 Å². The predicted octanol–water partition coefficient (Wildman–Crippen LogP) is 4.43. The van der Waals surface area contributed by atoms with Crippen LogP contribution in [0.2, 0.25) is 0 Å². The summed E-state index contributed by atoms with van der Waals surface area (Å²) >= 11 is 0. The topological polar surface area (TPSA) is 41.1 Å². The number of methoxy groups -OCH3 is 1. The fourth-order valence-electron chi connectivity index (χ4n) is 3.68. The van der Waals surface area contributed by atoms with Crippen molar-refractivity contribution < 1.29 is 4.74 Å². The van der Waals surface area contributed by atoms with E-state index in [1.165, 1.54) is 24.1 Å². The van der Waals surface area contributed by atoms with Crippen LogP contribution in [0.4, 0.5) is 0 Å². The van der Waals surface area contributed by atoms with Gasteiger partial charge < -0.3 is 4.74 Å². The van der Waals surface area contributed by atoms with E-state index < -0.39 is 0 Å². The van der Waals surface area contributed by atoms with Gasteiger partial charge in [0.1, 0.15) is 5.75 Å². The molecule has 0 spiro atoms. The number of hydrogen-bond donors (Lipinski definition) is 1. The molecule has 25 heavy (non-hydrogen) atoms. The van der Waals surface area contributed by atoms with Crippen LogP contribution in [-0.2, 0) is 0 Å². The van der Waals surface area contributed by atoms with Crippen molar-refractivity contribution in [3.8, 4) is 5.75 Å². The Balaban J connectivity index is 1.62. The highest BCUT2D eigenvalue weighted by Crippen LogP contribution is 2.31. The van der Waals surface area contributed by atoms with Gasteiger partial charge in [0.05, 0.1) is 13.3 Å². The van der Waals surface area contributed by atoms with Crippen molar-refractivity contribution >= 4 is 6.08 Å². The maximum atomic E-state index is 5.41. The average Bonchev–Trinajstić information content (AvgIpc) is 3.12. The summed E-state index contributed by atoms with van der Waals surface area (Å²) in [6.07, 6.45) is 8.90. The Morgan fingerprint density at radius 2 is 2.20 bits per heavy atom. The average molecular weight is 339 g/mol. The van der Waals surface area contributed by atoms with Crippen LogP contribution in [0.1, 0.15) is 55.3 Å². The number of para-hydroxylation sites is 1. The smallest absolute Gasteiger partial charge is 0.126 e. The summed E-state index contributed by atoms with van der Waals surface area (Å²) < 4.78 is 5.41. The summed E-state index contributed by atoms with van der Waals surface area (Å²) in [5.74, 6) is 2.01. The van der Waals surface area contributed by atoms with Crippen LogP contribution in [0.5, 0.6) is 5.75 Å². The number of nitrogens with one attached hydrogen (secondary N) is 1. The molecule has 0 amide bonds. The van der Waals surface area contributed by atoms with Gasteiger partial charge in [-0.25, -0.2) is 0 Å². The molecule has 0 saturated carbocycles. The van der Waals surface area contributed by atoms with E-state index in [2.05, 4.69) is 47.2 Å². The Labute approximate surface area is 150 Å². The SMILES string of the molecule is COc1ccccc1/C=C/CN1CCC[C@@H](c2[nH]ncc2C(C)C)C1. The lowest BCUT2D eigenvalue weighted by Crippen LogP contribution is -2.34. The fraction of sp³-hybridized carbons (Fsp3) is 0.476. The van der Waals surface area contributed by atoms with E-state index in [1.807, 2.05) is 24.4 Å². The van der Waals surface area contributed by atoms with Gasteiger partial charge in [-0.1, -0.05) is 44.2 Å². The Kier molecular flexibility index (Phi) is 5.92. The van der Waals surface area contributed by atoms with Gasteiger partial charge in [-0.2, -0.15) is 5.10 Å². The molecule has 0 unspecified atom stereocenters. The molecule has 134 valence electrons.